The molecule has 8 nitrogen and oxygen atoms in total. The Morgan fingerprint density at radius 2 is 1.69 bits per heavy atom. The van der Waals surface area contributed by atoms with Gasteiger partial charge in [0.1, 0.15) is 16.6 Å². The number of ketones is 1. The number of nitrogens with one attached hydrogen (secondary N) is 1. The van der Waals surface area contributed by atoms with E-state index in [4.69, 9.17) is 9.47 Å². The Bertz CT molecular complexity index is 1210. The molecule has 0 amide bonds. The topological polar surface area (TPSA) is 129 Å². The van der Waals surface area contributed by atoms with Gasteiger partial charge in [0.25, 0.3) is 0 Å². The third kappa shape index (κ3) is 7.86. The molecule has 178 valence electrons. The van der Waals surface area contributed by atoms with E-state index in [1.807, 2.05) is 6.92 Å². The van der Waals surface area contributed by atoms with Gasteiger partial charge >= 0.3 is 63.3 Å². The van der Waals surface area contributed by atoms with E-state index in [1.54, 1.807) is 51.1 Å². The minimum atomic E-state index is -1.10. The van der Waals surface area contributed by atoms with E-state index in [9.17, 15) is 24.8 Å². The molecule has 0 atom stereocenters. The summed E-state index contributed by atoms with van der Waals surface area (Å²) < 4.78 is 9.94. The van der Waals surface area contributed by atoms with E-state index in [-0.39, 0.29) is 80.9 Å². The van der Waals surface area contributed by atoms with E-state index in [0.717, 1.165) is 16.5 Å². The fraction of sp³-hybridized carbons (Fsp3) is 0.280. The van der Waals surface area contributed by atoms with Crippen LogP contribution < -0.4 is 61.8 Å². The fourth-order valence-corrected chi connectivity index (χ4v) is 3.96. The molecular weight excluding hydrogens is 495 g/mol. The number of allylic oxidation sites excluding steroid dienone is 1. The molecule has 0 aliphatic heterocycles. The van der Waals surface area contributed by atoms with Crippen LogP contribution in [0.2, 0.25) is 0 Å². The van der Waals surface area contributed by atoms with Crippen molar-refractivity contribution in [1.29, 1.82) is 5.26 Å². The van der Waals surface area contributed by atoms with E-state index >= 15 is 0 Å². The van der Waals surface area contributed by atoms with Crippen LogP contribution in [0.15, 0.2) is 47.4 Å². The second-order valence-electron chi connectivity index (χ2n) is 7.16. The van der Waals surface area contributed by atoms with E-state index < -0.39 is 29.1 Å². The van der Waals surface area contributed by atoms with Gasteiger partial charge in [0.15, 0.2) is 5.78 Å². The van der Waals surface area contributed by atoms with Crippen LogP contribution in [-0.2, 0) is 14.3 Å². The maximum Gasteiger partial charge on any atom is 1.00 e. The van der Waals surface area contributed by atoms with Crippen molar-refractivity contribution in [3.8, 4) is 6.07 Å². The molecule has 0 bridgehead atoms. The Labute approximate surface area is 251 Å². The average molecular weight is 521 g/mol. The van der Waals surface area contributed by atoms with Gasteiger partial charge in [-0.25, -0.2) is 9.59 Å². The van der Waals surface area contributed by atoms with Gasteiger partial charge in [0.05, 0.1) is 18.8 Å². The van der Waals surface area contributed by atoms with E-state index in [2.05, 4.69) is 5.32 Å². The number of benzene rings is 1. The van der Waals surface area contributed by atoms with Gasteiger partial charge in [0.2, 0.25) is 0 Å². The number of hydrogen-bond acceptors (Lipinski definition) is 9. The number of aryl methyl sites for hydroxylation is 2. The van der Waals surface area contributed by atoms with Crippen LogP contribution in [0, 0.1) is 32.1 Å². The van der Waals surface area contributed by atoms with Gasteiger partial charge in [-0.05, 0) is 40.2 Å². The van der Waals surface area contributed by atoms with Gasteiger partial charge in [-0.3, -0.25) is 4.79 Å². The Morgan fingerprint density at radius 3 is 2.23 bits per heavy atom. The Morgan fingerprint density at radius 1 is 1.09 bits per heavy atom. The van der Waals surface area contributed by atoms with Crippen molar-refractivity contribution in [2.75, 3.05) is 18.5 Å². The van der Waals surface area contributed by atoms with Crippen molar-refractivity contribution < 1.29 is 80.3 Å². The first-order valence-electron chi connectivity index (χ1n) is 10.5. The van der Waals surface area contributed by atoms with Crippen LogP contribution >= 0.6 is 11.3 Å². The number of carbonyl (C=O) groups excluding carboxylic acids is 3. The molecule has 1 heterocycles. The summed E-state index contributed by atoms with van der Waals surface area (Å²) in [5.74, 6) is -3.26. The summed E-state index contributed by atoms with van der Waals surface area (Å²) in [7, 11) is 0. The molecule has 0 saturated carbocycles. The van der Waals surface area contributed by atoms with Gasteiger partial charge in [-0.1, -0.05) is 35.6 Å². The summed E-state index contributed by atoms with van der Waals surface area (Å²) in [4.78, 5) is 38.4. The Hall–Kier alpha value is -2.26. The number of thiophene rings is 1. The maximum absolute atomic E-state index is 13.2. The minimum Gasteiger partial charge on any atom is -0.870 e. The van der Waals surface area contributed by atoms with Crippen molar-refractivity contribution in [3.05, 3.63) is 74.5 Å². The molecule has 0 unspecified atom stereocenters. The van der Waals surface area contributed by atoms with Crippen LogP contribution in [0.25, 0.3) is 0 Å². The number of esters is 2. The van der Waals surface area contributed by atoms with Crippen LogP contribution in [0.5, 0.6) is 0 Å². The molecular formula is C25H25KN2O6S. The summed E-state index contributed by atoms with van der Waals surface area (Å²) in [6.07, 6.45) is 1.00. The predicted octanol–water partition coefficient (Wildman–Crippen LogP) is 0.734. The average Bonchev–Trinajstić information content (AvgIpc) is 3.07. The van der Waals surface area contributed by atoms with Gasteiger partial charge in [-0.2, -0.15) is 5.26 Å². The molecule has 0 saturated heterocycles. The molecule has 1 aromatic carbocycles. The first-order chi connectivity index (χ1) is 16.1. The molecule has 0 radical (unpaired) electrons. The third-order valence-electron chi connectivity index (χ3n) is 4.79. The van der Waals surface area contributed by atoms with Crippen molar-refractivity contribution in [1.82, 2.24) is 0 Å². The molecule has 0 aliphatic rings. The minimum absolute atomic E-state index is 0. The zero-order chi connectivity index (χ0) is 25.4. The molecule has 1 aromatic heterocycles. The summed E-state index contributed by atoms with van der Waals surface area (Å²) in [5, 5.41) is 25.6. The second-order valence-corrected chi connectivity index (χ2v) is 8.38. The number of nitriles is 1. The molecule has 0 fully saturated rings. The van der Waals surface area contributed by atoms with E-state index in [1.165, 1.54) is 18.3 Å². The summed E-state index contributed by atoms with van der Waals surface area (Å²) in [6, 6.07) is 8.24. The quantitative estimate of drug-likeness (QED) is 0.0975. The number of hydrogen-bond donors (Lipinski definition) is 1. The van der Waals surface area contributed by atoms with Gasteiger partial charge in [0, 0.05) is 22.2 Å². The summed E-state index contributed by atoms with van der Waals surface area (Å²) in [6.45, 7) is 8.71. The Kier molecular flexibility index (Phi) is 12.6. The van der Waals surface area contributed by atoms with Crippen LogP contribution in [0.1, 0.15) is 50.6 Å². The monoisotopic (exact) mass is 520 g/mol. The number of anilines is 1. The smallest absolute Gasteiger partial charge is 0.870 e. The summed E-state index contributed by atoms with van der Waals surface area (Å²) in [5.41, 5.74) is 0.970. The van der Waals surface area contributed by atoms with Gasteiger partial charge < -0.3 is 19.9 Å². The second kappa shape index (κ2) is 14.3. The predicted molar refractivity (Wildman–Crippen MR) is 126 cm³/mol. The number of ether oxygens (including phenoxy) is 2. The molecule has 1 N–H and O–H groups in total. The number of nitrogens with zero attached hydrogens (tertiary/aromatic N) is 1. The molecule has 2 aromatic rings. The van der Waals surface area contributed by atoms with E-state index in [0.29, 0.717) is 11.1 Å². The molecule has 0 spiro atoms. The van der Waals surface area contributed by atoms with Crippen molar-refractivity contribution in [3.63, 3.8) is 0 Å². The molecule has 10 heteroatoms. The third-order valence-corrected chi connectivity index (χ3v) is 5.91. The van der Waals surface area contributed by atoms with Crippen LogP contribution in [0.3, 0.4) is 0 Å². The maximum atomic E-state index is 13.2. The normalized spacial score (nSPS) is 11.5. The fourth-order valence-electron chi connectivity index (χ4n) is 2.90. The first kappa shape index (κ1) is 30.8. The molecule has 0 aliphatic carbocycles. The van der Waals surface area contributed by atoms with Gasteiger partial charge in [-0.15, -0.1) is 11.3 Å². The zero-order valence-electron chi connectivity index (χ0n) is 20.6. The van der Waals surface area contributed by atoms with Crippen molar-refractivity contribution in [2.45, 2.75) is 34.6 Å². The summed E-state index contributed by atoms with van der Waals surface area (Å²) >= 11 is 1.18. The number of carbonyl (C=O) groups is 3. The first-order valence-corrected chi connectivity index (χ1v) is 11.3. The standard InChI is InChI=1S/C25H26N2O6S.K/c1-6-32-24(30)18(13-26)22(29)19(12-20(28)17-10-8-14(3)9-11-17)27-23-21(25(31)33-7-2)15(4)16(5)34-23;/h8-12,27,29H,6-7H2,1-5H3;/q;+1/p-1/b19-12-,22-18-;. The van der Waals surface area contributed by atoms with Crippen molar-refractivity contribution in [2.24, 2.45) is 0 Å². The van der Waals surface area contributed by atoms with Crippen LogP contribution in [0.4, 0.5) is 5.00 Å². The molecule has 35 heavy (non-hydrogen) atoms. The zero-order valence-corrected chi connectivity index (χ0v) is 24.5. The largest absolute Gasteiger partial charge is 1.00 e. The van der Waals surface area contributed by atoms with Crippen LogP contribution in [-0.4, -0.2) is 30.9 Å². The molecule has 2 rings (SSSR count). The number of rotatable bonds is 9. The van der Waals surface area contributed by atoms with Crippen molar-refractivity contribution >= 4 is 34.1 Å². The SMILES string of the molecule is CCOC(=O)/C(C#N)=C([O-])/C(=C/C(=O)c1ccc(C)cc1)Nc1sc(C)c(C)c1C(=O)OCC.[K+]. The Balaban J connectivity index is 0.00000612.